The number of rotatable bonds is 10. The number of benzene rings is 2. The zero-order valence-corrected chi connectivity index (χ0v) is 32.2. The minimum Gasteiger partial charge on any atom is -0.497 e. The summed E-state index contributed by atoms with van der Waals surface area (Å²) in [7, 11) is 4.45. The van der Waals surface area contributed by atoms with E-state index in [1.54, 1.807) is 64.3 Å². The molecule has 0 spiro atoms. The van der Waals surface area contributed by atoms with Crippen molar-refractivity contribution in [3.63, 3.8) is 0 Å². The van der Waals surface area contributed by atoms with Crippen molar-refractivity contribution in [2.75, 3.05) is 31.1 Å². The second-order valence-electron chi connectivity index (χ2n) is 13.7. The molecule has 1 saturated heterocycles. The van der Waals surface area contributed by atoms with Crippen LogP contribution in [0.5, 0.6) is 11.6 Å². The van der Waals surface area contributed by atoms with Gasteiger partial charge in [0.05, 0.1) is 43.9 Å². The number of aromatic nitrogens is 3. The Morgan fingerprint density at radius 1 is 1.02 bits per heavy atom. The fraction of sp³-hybridized carbons (Fsp3) is 0.342. The summed E-state index contributed by atoms with van der Waals surface area (Å²) >= 11 is 12.9. The average molecular weight is 763 g/mol. The van der Waals surface area contributed by atoms with E-state index in [2.05, 4.69) is 9.97 Å². The summed E-state index contributed by atoms with van der Waals surface area (Å²) in [6.07, 6.45) is 2.25. The summed E-state index contributed by atoms with van der Waals surface area (Å²) in [5.74, 6) is -1.20. The highest BCUT2D eigenvalue weighted by Gasteiger charge is 2.50. The first-order chi connectivity index (χ1) is 25.0. The van der Waals surface area contributed by atoms with E-state index in [-0.39, 0.29) is 46.4 Å². The molecule has 0 radical (unpaired) electrons. The second kappa shape index (κ2) is 15.8. The van der Waals surface area contributed by atoms with Gasteiger partial charge in [-0.25, -0.2) is 19.7 Å². The summed E-state index contributed by atoms with van der Waals surface area (Å²) in [5.41, 5.74) is 0.565. The minimum absolute atomic E-state index is 0.00163. The Hall–Kier alpha value is -5.27. The zero-order chi connectivity index (χ0) is 38.8. The highest BCUT2D eigenvalue weighted by molar-refractivity contribution is 6.49. The molecule has 5 rings (SSSR count). The van der Waals surface area contributed by atoms with E-state index >= 15 is 0 Å². The van der Waals surface area contributed by atoms with E-state index < -0.39 is 35.1 Å². The van der Waals surface area contributed by atoms with Crippen molar-refractivity contribution in [2.45, 2.75) is 52.8 Å². The topological polar surface area (TPSA) is 152 Å². The third kappa shape index (κ3) is 8.52. The summed E-state index contributed by atoms with van der Waals surface area (Å²) in [4.78, 5) is 57.4. The third-order valence-electron chi connectivity index (χ3n) is 8.41. The molecule has 0 aliphatic carbocycles. The molecule has 0 saturated carbocycles. The van der Waals surface area contributed by atoms with Crippen molar-refractivity contribution in [3.05, 3.63) is 98.5 Å². The Morgan fingerprint density at radius 2 is 1.68 bits per heavy atom. The Labute approximate surface area is 317 Å². The predicted molar refractivity (Wildman–Crippen MR) is 206 cm³/mol. The van der Waals surface area contributed by atoms with Crippen LogP contribution in [0.3, 0.4) is 0 Å². The van der Waals surface area contributed by atoms with Crippen LogP contribution in [-0.2, 0) is 16.1 Å². The van der Waals surface area contributed by atoms with E-state index in [1.165, 1.54) is 42.1 Å². The second-order valence-corrected chi connectivity index (χ2v) is 14.6. The molecule has 1 N–H and O–H groups in total. The normalized spacial score (nSPS) is 16.3. The van der Waals surface area contributed by atoms with Gasteiger partial charge >= 0.3 is 6.09 Å². The van der Waals surface area contributed by atoms with Crippen LogP contribution in [0.25, 0.3) is 0 Å². The number of hydrogen-bond acceptors (Lipinski definition) is 10. The molecule has 3 heterocycles. The first-order valence-electron chi connectivity index (χ1n) is 16.7. The fourth-order valence-electron chi connectivity index (χ4n) is 5.92. The number of nitrogens with zero attached hydrogens (tertiary/aromatic N) is 6. The minimum atomic E-state index is -0.939. The van der Waals surface area contributed by atoms with E-state index in [9.17, 15) is 19.8 Å². The number of amides is 2. The summed E-state index contributed by atoms with van der Waals surface area (Å²) in [6, 6.07) is 14.7. The van der Waals surface area contributed by atoms with Gasteiger partial charge < -0.3 is 18.8 Å². The Morgan fingerprint density at radius 3 is 2.26 bits per heavy atom. The SMILES string of the molecule is COc1ccc(Cn2cc(Cl)cc(N3C(=O)C(=N)C(C(=Nc4cnc(N(C)C(=O)OC(C)(C)C)nc4OC)C(C)C)C3c3ccc(Cl)cc3)c2=O)cc1. The average Bonchev–Trinajstić information content (AvgIpc) is 3.36. The number of ether oxygens (including phenoxy) is 3. The van der Waals surface area contributed by atoms with Gasteiger partial charge in [0, 0.05) is 24.0 Å². The van der Waals surface area contributed by atoms with E-state index in [0.29, 0.717) is 22.0 Å². The van der Waals surface area contributed by atoms with Crippen molar-refractivity contribution in [1.82, 2.24) is 14.5 Å². The standard InChI is InChI=1S/C38H41Cl2N7O6/c1-21(2)31(43-27-18-42-36(44-33(27)52-8)45(6)37(50)53-38(3,4)5)29-30(41)35(49)47(32(29)23-11-13-24(39)14-12-23)28-17-25(40)20-46(34(28)48)19-22-9-15-26(51-7)16-10-22/h9-18,20-21,29,32,41H,19H2,1-8H3. The molecule has 2 amide bonds. The van der Waals surface area contributed by atoms with E-state index in [1.807, 2.05) is 26.0 Å². The van der Waals surface area contributed by atoms with Crippen LogP contribution < -0.4 is 24.8 Å². The van der Waals surface area contributed by atoms with Crippen LogP contribution in [0.4, 0.5) is 22.1 Å². The maximum Gasteiger partial charge on any atom is 0.416 e. The van der Waals surface area contributed by atoms with Crippen LogP contribution in [0.15, 0.2) is 76.8 Å². The van der Waals surface area contributed by atoms with Gasteiger partial charge in [-0.05, 0) is 68.1 Å². The lowest BCUT2D eigenvalue weighted by molar-refractivity contribution is -0.112. The molecule has 4 aromatic rings. The monoisotopic (exact) mass is 761 g/mol. The molecule has 2 aromatic heterocycles. The largest absolute Gasteiger partial charge is 0.497 e. The van der Waals surface area contributed by atoms with Crippen molar-refractivity contribution in [2.24, 2.45) is 16.8 Å². The highest BCUT2D eigenvalue weighted by atomic mass is 35.5. The summed E-state index contributed by atoms with van der Waals surface area (Å²) < 4.78 is 17.7. The number of hydrogen-bond donors (Lipinski definition) is 1. The highest BCUT2D eigenvalue weighted by Crippen LogP contribution is 2.42. The lowest BCUT2D eigenvalue weighted by Crippen LogP contribution is -2.37. The molecule has 278 valence electrons. The number of anilines is 2. The van der Waals surface area contributed by atoms with Crippen LogP contribution in [0.1, 0.15) is 51.8 Å². The smallest absolute Gasteiger partial charge is 0.416 e. The van der Waals surface area contributed by atoms with Crippen molar-refractivity contribution >= 4 is 63.9 Å². The molecule has 1 aliphatic rings. The summed E-state index contributed by atoms with van der Waals surface area (Å²) in [5, 5.41) is 9.93. The number of nitrogens with one attached hydrogen (secondary N) is 1. The molecular formula is C38H41Cl2N7O6. The number of aliphatic imine (C=N–C) groups is 1. The molecule has 13 nitrogen and oxygen atoms in total. The van der Waals surface area contributed by atoms with Crippen molar-refractivity contribution in [1.29, 1.82) is 5.41 Å². The lowest BCUT2D eigenvalue weighted by Gasteiger charge is -2.30. The number of halogens is 2. The molecular weight excluding hydrogens is 721 g/mol. The first-order valence-corrected chi connectivity index (χ1v) is 17.4. The number of carbonyl (C=O) groups excluding carboxylic acids is 2. The molecule has 2 atom stereocenters. The number of carbonyl (C=O) groups is 2. The first kappa shape index (κ1) is 38.9. The number of pyridine rings is 1. The third-order valence-corrected chi connectivity index (χ3v) is 8.87. The molecule has 1 fully saturated rings. The predicted octanol–water partition coefficient (Wildman–Crippen LogP) is 7.53. The van der Waals surface area contributed by atoms with E-state index in [4.69, 9.17) is 42.4 Å². The van der Waals surface area contributed by atoms with Crippen LogP contribution >= 0.6 is 23.2 Å². The maximum atomic E-state index is 14.3. The molecule has 53 heavy (non-hydrogen) atoms. The fourth-order valence-corrected chi connectivity index (χ4v) is 6.26. The number of methoxy groups -OCH3 is 2. The maximum absolute atomic E-state index is 14.3. The van der Waals surface area contributed by atoms with Gasteiger partial charge in [0.15, 0.2) is 0 Å². The Kier molecular flexibility index (Phi) is 11.6. The van der Waals surface area contributed by atoms with Gasteiger partial charge in [-0.1, -0.05) is 61.3 Å². The van der Waals surface area contributed by atoms with Gasteiger partial charge in [0.1, 0.15) is 28.4 Å². The molecule has 1 aliphatic heterocycles. The van der Waals surface area contributed by atoms with Crippen molar-refractivity contribution < 1.29 is 23.8 Å². The van der Waals surface area contributed by atoms with Gasteiger partial charge in [0.2, 0.25) is 11.8 Å². The Bertz CT molecular complexity index is 2110. The van der Waals surface area contributed by atoms with Gasteiger partial charge in [-0.15, -0.1) is 0 Å². The van der Waals surface area contributed by atoms with Crippen LogP contribution in [-0.4, -0.2) is 64.8 Å². The van der Waals surface area contributed by atoms with Gasteiger partial charge in [-0.3, -0.25) is 19.9 Å². The molecule has 2 aromatic carbocycles. The molecule has 2 unspecified atom stereocenters. The van der Waals surface area contributed by atoms with Crippen molar-refractivity contribution in [3.8, 4) is 11.6 Å². The zero-order valence-electron chi connectivity index (χ0n) is 30.7. The van der Waals surface area contributed by atoms with Gasteiger partial charge in [0.25, 0.3) is 11.5 Å². The molecule has 0 bridgehead atoms. The quantitative estimate of drug-likeness (QED) is 0.163. The summed E-state index contributed by atoms with van der Waals surface area (Å²) in [6.45, 7) is 9.19. The van der Waals surface area contributed by atoms with Gasteiger partial charge in [-0.2, -0.15) is 4.98 Å². The Balaban J connectivity index is 1.62. The van der Waals surface area contributed by atoms with Crippen LogP contribution in [0.2, 0.25) is 10.0 Å². The lowest BCUT2D eigenvalue weighted by atomic mass is 9.83. The van der Waals surface area contributed by atoms with Crippen LogP contribution in [0, 0.1) is 17.2 Å². The molecule has 15 heteroatoms. The van der Waals surface area contributed by atoms with E-state index in [0.717, 1.165) is 10.5 Å².